The fourth-order valence-corrected chi connectivity index (χ4v) is 12.8. The minimum Gasteiger partial charge on any atom is -0.296 e. The van der Waals surface area contributed by atoms with Gasteiger partial charge in [-0.1, -0.05) is 164 Å². The SMILES string of the molecule is Cc1nc2ccccc2n1-c1cccc2c(-c3cccc4c3-c3ccccc3C43c4ccccc4-c4c3c3ccccc3c3ccccc43)c3cccc(-n4c(C)nc5ccccc54)c3cc12. The molecule has 2 aromatic heterocycles. The predicted molar refractivity (Wildman–Crippen MR) is 277 cm³/mol. The van der Waals surface area contributed by atoms with Gasteiger partial charge in [0.15, 0.2) is 0 Å². The molecule has 1 spiro atoms. The second-order valence-corrected chi connectivity index (χ2v) is 18.4. The monoisotopic (exact) mass is 852 g/mol. The lowest BCUT2D eigenvalue weighted by molar-refractivity contribution is 0.802. The second kappa shape index (κ2) is 13.2. The van der Waals surface area contributed by atoms with Crippen molar-refractivity contribution in [3.63, 3.8) is 0 Å². The van der Waals surface area contributed by atoms with Crippen LogP contribution in [-0.2, 0) is 5.41 Å². The van der Waals surface area contributed by atoms with E-state index in [2.05, 4.69) is 229 Å². The van der Waals surface area contributed by atoms with E-state index in [0.717, 1.165) is 45.1 Å². The van der Waals surface area contributed by atoms with Crippen molar-refractivity contribution in [1.29, 1.82) is 0 Å². The number of fused-ring (bicyclic) bond motifs is 19. The summed E-state index contributed by atoms with van der Waals surface area (Å²) in [5, 5.41) is 9.90. The van der Waals surface area contributed by atoms with Crippen molar-refractivity contribution in [1.82, 2.24) is 19.1 Å². The molecule has 4 heteroatoms. The smallest absolute Gasteiger partial charge is 0.111 e. The van der Waals surface area contributed by atoms with E-state index in [9.17, 15) is 0 Å². The normalized spacial score (nSPS) is 14.8. The Kier molecular flexibility index (Phi) is 7.26. The second-order valence-electron chi connectivity index (χ2n) is 18.4. The third-order valence-electron chi connectivity index (χ3n) is 15.2. The fourth-order valence-electron chi connectivity index (χ4n) is 12.8. The molecule has 0 saturated heterocycles. The molecule has 1 atom stereocenters. The van der Waals surface area contributed by atoms with Crippen molar-refractivity contribution < 1.29 is 0 Å². The number of aromatic nitrogens is 4. The lowest BCUT2D eigenvalue weighted by Gasteiger charge is -2.32. The van der Waals surface area contributed by atoms with Crippen LogP contribution in [0.4, 0.5) is 0 Å². The van der Waals surface area contributed by atoms with Crippen molar-refractivity contribution in [2.24, 2.45) is 0 Å². The standard InChI is InChI=1S/C63H40N4/c1-37-64-53-30-11-13-32-57(53)66(37)55-34-16-24-42-48(55)36-49-43(25-17-35-56(49)67-38(2)65-54-31-12-14-33-58(54)67)59(42)47-26-15-29-52-60(47)45-22-7-9-27-50(45)63(52)51-28-10-8-23-46(51)61-41-20-5-3-18-39(41)40-19-4-6-21-44(40)62(61)63/h3-36H,1-2H3. The average molecular weight is 853 g/mol. The molecule has 0 aliphatic heterocycles. The molecular formula is C63H40N4. The lowest BCUT2D eigenvalue weighted by atomic mass is 9.69. The molecule has 0 radical (unpaired) electrons. The Morgan fingerprint density at radius 1 is 0.328 bits per heavy atom. The summed E-state index contributed by atoms with van der Waals surface area (Å²) in [5.41, 5.74) is 18.8. The number of nitrogens with zero attached hydrogens (tertiary/aromatic N) is 4. The number of para-hydroxylation sites is 4. The summed E-state index contributed by atoms with van der Waals surface area (Å²) in [6, 6.07) is 76.8. The maximum atomic E-state index is 5.08. The first-order chi connectivity index (χ1) is 33.1. The van der Waals surface area contributed by atoms with Crippen LogP contribution in [0.3, 0.4) is 0 Å². The van der Waals surface area contributed by atoms with E-state index in [1.165, 1.54) is 98.7 Å². The number of hydrogen-bond donors (Lipinski definition) is 0. The zero-order valence-corrected chi connectivity index (χ0v) is 36.9. The topological polar surface area (TPSA) is 35.6 Å². The summed E-state index contributed by atoms with van der Waals surface area (Å²) >= 11 is 0. The number of aryl methyl sites for hydroxylation is 2. The van der Waals surface area contributed by atoms with Crippen LogP contribution in [0.15, 0.2) is 206 Å². The van der Waals surface area contributed by atoms with Crippen LogP contribution >= 0.6 is 0 Å². The maximum absolute atomic E-state index is 5.08. The molecule has 312 valence electrons. The first-order valence-corrected chi connectivity index (χ1v) is 23.3. The van der Waals surface area contributed by atoms with Gasteiger partial charge in [-0.3, -0.25) is 9.13 Å². The van der Waals surface area contributed by atoms with Gasteiger partial charge in [0.25, 0.3) is 0 Å². The molecule has 67 heavy (non-hydrogen) atoms. The van der Waals surface area contributed by atoms with Crippen LogP contribution in [0.2, 0.25) is 0 Å². The van der Waals surface area contributed by atoms with Gasteiger partial charge in [0.1, 0.15) is 11.6 Å². The number of imidazole rings is 2. The molecule has 15 rings (SSSR count). The maximum Gasteiger partial charge on any atom is 0.111 e. The van der Waals surface area contributed by atoms with Gasteiger partial charge in [-0.05, 0) is 144 Å². The first kappa shape index (κ1) is 36.7. The third-order valence-corrected chi connectivity index (χ3v) is 15.2. The highest BCUT2D eigenvalue weighted by Crippen LogP contribution is 2.66. The molecule has 2 heterocycles. The highest BCUT2D eigenvalue weighted by Gasteiger charge is 2.53. The third kappa shape index (κ3) is 4.61. The van der Waals surface area contributed by atoms with E-state index in [0.29, 0.717) is 0 Å². The summed E-state index contributed by atoms with van der Waals surface area (Å²) < 4.78 is 4.69. The van der Waals surface area contributed by atoms with Crippen molar-refractivity contribution >= 4 is 65.2 Å². The van der Waals surface area contributed by atoms with E-state index in [-0.39, 0.29) is 0 Å². The molecule has 4 nitrogen and oxygen atoms in total. The van der Waals surface area contributed by atoms with Gasteiger partial charge in [0.2, 0.25) is 0 Å². The molecule has 0 fully saturated rings. The van der Waals surface area contributed by atoms with Gasteiger partial charge >= 0.3 is 0 Å². The lowest BCUT2D eigenvalue weighted by Crippen LogP contribution is -2.26. The van der Waals surface area contributed by atoms with Crippen molar-refractivity contribution in [2.75, 3.05) is 0 Å². The zero-order chi connectivity index (χ0) is 44.1. The summed E-state index contributed by atoms with van der Waals surface area (Å²) in [6.45, 7) is 4.25. The van der Waals surface area contributed by atoms with Gasteiger partial charge in [-0.2, -0.15) is 0 Å². The van der Waals surface area contributed by atoms with Crippen LogP contribution in [0.25, 0.3) is 110 Å². The summed E-state index contributed by atoms with van der Waals surface area (Å²) in [6.07, 6.45) is 0. The van der Waals surface area contributed by atoms with Gasteiger partial charge in [-0.15, -0.1) is 0 Å². The van der Waals surface area contributed by atoms with Gasteiger partial charge in [0, 0.05) is 10.8 Å². The molecule has 2 aliphatic rings. The van der Waals surface area contributed by atoms with Crippen LogP contribution in [-0.4, -0.2) is 19.1 Å². The Labute approximate surface area is 386 Å². The molecule has 0 saturated carbocycles. The Hall–Kier alpha value is -8.60. The van der Waals surface area contributed by atoms with E-state index >= 15 is 0 Å². The highest BCUT2D eigenvalue weighted by atomic mass is 15.1. The first-order valence-electron chi connectivity index (χ1n) is 23.3. The van der Waals surface area contributed by atoms with Crippen LogP contribution < -0.4 is 0 Å². The van der Waals surface area contributed by atoms with Gasteiger partial charge < -0.3 is 0 Å². The van der Waals surface area contributed by atoms with Gasteiger partial charge in [-0.25, -0.2) is 9.97 Å². The molecular weight excluding hydrogens is 813 g/mol. The fraction of sp³-hybridized carbons (Fsp3) is 0.0476. The van der Waals surface area contributed by atoms with E-state index in [1.807, 2.05) is 0 Å². The molecule has 2 aliphatic carbocycles. The Morgan fingerprint density at radius 2 is 0.746 bits per heavy atom. The van der Waals surface area contributed by atoms with Crippen LogP contribution in [0, 0.1) is 13.8 Å². The quantitative estimate of drug-likeness (QED) is 0.131. The molecule has 0 N–H and O–H groups in total. The molecule has 13 aromatic rings. The summed E-state index contributed by atoms with van der Waals surface area (Å²) in [5.74, 6) is 1.91. The summed E-state index contributed by atoms with van der Waals surface area (Å²) in [7, 11) is 0. The largest absolute Gasteiger partial charge is 0.296 e. The van der Waals surface area contributed by atoms with Crippen LogP contribution in [0.1, 0.15) is 33.9 Å². The number of benzene rings is 11. The van der Waals surface area contributed by atoms with E-state index in [4.69, 9.17) is 9.97 Å². The van der Waals surface area contributed by atoms with Crippen molar-refractivity contribution in [3.8, 4) is 44.8 Å². The Morgan fingerprint density at radius 3 is 1.36 bits per heavy atom. The highest BCUT2D eigenvalue weighted by molar-refractivity contribution is 6.22. The minimum absolute atomic E-state index is 0.562. The Balaban J connectivity index is 1.12. The number of hydrogen-bond acceptors (Lipinski definition) is 2. The minimum atomic E-state index is -0.562. The van der Waals surface area contributed by atoms with Crippen molar-refractivity contribution in [2.45, 2.75) is 19.3 Å². The zero-order valence-electron chi connectivity index (χ0n) is 36.9. The van der Waals surface area contributed by atoms with Crippen LogP contribution in [0.5, 0.6) is 0 Å². The molecule has 1 unspecified atom stereocenters. The molecule has 11 aromatic carbocycles. The Bertz CT molecular complexity index is 4180. The van der Waals surface area contributed by atoms with E-state index in [1.54, 1.807) is 0 Å². The molecule has 0 amide bonds. The summed E-state index contributed by atoms with van der Waals surface area (Å²) in [4.78, 5) is 10.2. The van der Waals surface area contributed by atoms with E-state index < -0.39 is 5.41 Å². The van der Waals surface area contributed by atoms with Gasteiger partial charge in [0.05, 0.1) is 38.9 Å². The predicted octanol–water partition coefficient (Wildman–Crippen LogP) is 15.6. The van der Waals surface area contributed by atoms with Crippen molar-refractivity contribution in [3.05, 3.63) is 240 Å². The number of rotatable bonds is 3. The average Bonchev–Trinajstić information content (AvgIpc) is 4.09. The molecule has 0 bridgehead atoms.